The van der Waals surface area contributed by atoms with E-state index in [2.05, 4.69) is 28.5 Å². The molecule has 1 fully saturated rings. The van der Waals surface area contributed by atoms with Crippen molar-refractivity contribution in [2.24, 2.45) is 0 Å². The smallest absolute Gasteiger partial charge is 0.263 e. The topological polar surface area (TPSA) is 94.2 Å². The fraction of sp³-hybridized carbons (Fsp3) is 0.571. The van der Waals surface area contributed by atoms with Gasteiger partial charge in [-0.2, -0.15) is 5.26 Å². The summed E-state index contributed by atoms with van der Waals surface area (Å²) >= 11 is 1.25. The maximum absolute atomic E-state index is 12.1. The van der Waals surface area contributed by atoms with Crippen molar-refractivity contribution in [3.63, 3.8) is 0 Å². The average Bonchev–Trinajstić information content (AvgIpc) is 3.18. The van der Waals surface area contributed by atoms with Crippen LogP contribution < -0.4 is 16.4 Å². The first kappa shape index (κ1) is 15.6. The first-order valence-corrected chi connectivity index (χ1v) is 7.79. The van der Waals surface area contributed by atoms with Crippen LogP contribution in [-0.4, -0.2) is 43.5 Å². The largest absolute Gasteiger partial charge is 0.396 e. The molecule has 0 radical (unpaired) electrons. The molecule has 1 aromatic heterocycles. The molecule has 1 unspecified atom stereocenters. The van der Waals surface area contributed by atoms with E-state index in [1.54, 1.807) is 0 Å². The Morgan fingerprint density at radius 3 is 2.76 bits per heavy atom. The highest BCUT2D eigenvalue weighted by Gasteiger charge is 2.27. The molecule has 114 valence electrons. The number of nitrogen functional groups attached to an aromatic ring is 1. The van der Waals surface area contributed by atoms with Crippen LogP contribution >= 0.6 is 11.3 Å². The number of nitrogens with two attached hydrogens (primary N) is 1. The van der Waals surface area contributed by atoms with Crippen LogP contribution in [0.5, 0.6) is 0 Å². The van der Waals surface area contributed by atoms with Gasteiger partial charge in [-0.1, -0.05) is 0 Å². The normalized spacial score (nSPS) is 15.6. The first-order chi connectivity index (χ1) is 9.93. The molecule has 1 atom stereocenters. The van der Waals surface area contributed by atoms with Gasteiger partial charge in [0, 0.05) is 18.6 Å². The summed E-state index contributed by atoms with van der Waals surface area (Å²) in [6, 6.07) is 2.67. The van der Waals surface area contributed by atoms with Crippen molar-refractivity contribution in [2.45, 2.75) is 31.8 Å². The van der Waals surface area contributed by atoms with Gasteiger partial charge >= 0.3 is 0 Å². The quantitative estimate of drug-likeness (QED) is 0.739. The molecule has 7 heteroatoms. The Morgan fingerprint density at radius 2 is 2.24 bits per heavy atom. The minimum absolute atomic E-state index is 0.176. The minimum Gasteiger partial charge on any atom is -0.396 e. The molecule has 1 amide bonds. The molecule has 1 heterocycles. The van der Waals surface area contributed by atoms with Gasteiger partial charge in [-0.25, -0.2) is 0 Å². The number of hydrogen-bond acceptors (Lipinski definition) is 6. The summed E-state index contributed by atoms with van der Waals surface area (Å²) in [6.45, 7) is 2.77. The van der Waals surface area contributed by atoms with Crippen LogP contribution in [0.1, 0.15) is 35.0 Å². The number of anilines is 2. The predicted octanol–water partition coefficient (Wildman–Crippen LogP) is 1.46. The van der Waals surface area contributed by atoms with Crippen molar-refractivity contribution in [1.29, 1.82) is 5.26 Å². The molecule has 21 heavy (non-hydrogen) atoms. The van der Waals surface area contributed by atoms with Gasteiger partial charge < -0.3 is 21.3 Å². The zero-order valence-corrected chi connectivity index (χ0v) is 13.4. The molecule has 6 nitrogen and oxygen atoms in total. The molecule has 0 aliphatic heterocycles. The highest BCUT2D eigenvalue weighted by atomic mass is 32.1. The van der Waals surface area contributed by atoms with E-state index in [0.717, 1.165) is 12.8 Å². The van der Waals surface area contributed by atoms with E-state index in [0.29, 0.717) is 28.0 Å². The third-order valence-corrected chi connectivity index (χ3v) is 4.78. The van der Waals surface area contributed by atoms with Gasteiger partial charge in [0.05, 0.1) is 5.69 Å². The number of thiophene rings is 1. The molecule has 0 saturated heterocycles. The molecule has 1 aliphatic rings. The van der Waals surface area contributed by atoms with Gasteiger partial charge in [0.15, 0.2) is 0 Å². The number of rotatable bonds is 6. The fourth-order valence-electron chi connectivity index (χ4n) is 1.75. The van der Waals surface area contributed by atoms with Crippen LogP contribution in [0, 0.1) is 11.3 Å². The number of nitriles is 1. The van der Waals surface area contributed by atoms with Crippen molar-refractivity contribution in [2.75, 3.05) is 31.7 Å². The van der Waals surface area contributed by atoms with E-state index in [1.807, 2.05) is 14.1 Å². The van der Waals surface area contributed by atoms with Gasteiger partial charge in [0.25, 0.3) is 5.91 Å². The molecule has 2 rings (SSSR count). The molecule has 0 bridgehead atoms. The van der Waals surface area contributed by atoms with E-state index >= 15 is 0 Å². The van der Waals surface area contributed by atoms with Gasteiger partial charge in [-0.05, 0) is 33.9 Å². The standard InChI is InChI=1S/C14H21N5OS/c1-8(19(2)3)7-17-14-10(6-15)11(16)12(21-14)13(20)18-9-4-5-9/h8-9,17H,4-5,7,16H2,1-3H3,(H,18,20). The molecule has 4 N–H and O–H groups in total. The second-order valence-corrected chi connectivity index (χ2v) is 6.62. The Morgan fingerprint density at radius 1 is 1.57 bits per heavy atom. The lowest BCUT2D eigenvalue weighted by Crippen LogP contribution is -2.31. The van der Waals surface area contributed by atoms with Crippen LogP contribution in [-0.2, 0) is 0 Å². The minimum atomic E-state index is -0.176. The lowest BCUT2D eigenvalue weighted by molar-refractivity contribution is 0.0956. The Labute approximate surface area is 128 Å². The van der Waals surface area contributed by atoms with Gasteiger partial charge in [0.2, 0.25) is 0 Å². The maximum atomic E-state index is 12.1. The average molecular weight is 307 g/mol. The summed E-state index contributed by atoms with van der Waals surface area (Å²) in [7, 11) is 3.99. The Bertz CT molecular complexity index is 571. The van der Waals surface area contributed by atoms with E-state index in [4.69, 9.17) is 5.73 Å². The molecular weight excluding hydrogens is 286 g/mol. The molecule has 0 spiro atoms. The number of amides is 1. The third-order valence-electron chi connectivity index (χ3n) is 3.62. The van der Waals surface area contributed by atoms with E-state index in [-0.39, 0.29) is 17.6 Å². The Kier molecular flexibility index (Phi) is 4.70. The summed E-state index contributed by atoms with van der Waals surface area (Å²) in [5.74, 6) is -0.176. The third kappa shape index (κ3) is 3.65. The number of carbonyl (C=O) groups excluding carboxylic acids is 1. The van der Waals surface area contributed by atoms with Crippen LogP contribution in [0.15, 0.2) is 0 Å². The zero-order chi connectivity index (χ0) is 15.6. The lowest BCUT2D eigenvalue weighted by Gasteiger charge is -2.20. The van der Waals surface area contributed by atoms with E-state index < -0.39 is 0 Å². The highest BCUT2D eigenvalue weighted by Crippen LogP contribution is 2.35. The van der Waals surface area contributed by atoms with Gasteiger partial charge in [-0.3, -0.25) is 4.79 Å². The van der Waals surface area contributed by atoms with Crippen molar-refractivity contribution in [3.05, 3.63) is 10.4 Å². The van der Waals surface area contributed by atoms with Gasteiger partial charge in [0.1, 0.15) is 21.5 Å². The van der Waals surface area contributed by atoms with E-state index in [9.17, 15) is 10.1 Å². The predicted molar refractivity (Wildman–Crippen MR) is 85.6 cm³/mol. The maximum Gasteiger partial charge on any atom is 0.263 e. The molecule has 1 saturated carbocycles. The zero-order valence-electron chi connectivity index (χ0n) is 12.6. The second-order valence-electron chi connectivity index (χ2n) is 5.60. The fourth-order valence-corrected chi connectivity index (χ4v) is 2.73. The number of hydrogen-bond donors (Lipinski definition) is 3. The molecule has 0 aromatic carbocycles. The highest BCUT2D eigenvalue weighted by molar-refractivity contribution is 7.18. The van der Waals surface area contributed by atoms with Crippen LogP contribution in [0.2, 0.25) is 0 Å². The van der Waals surface area contributed by atoms with Crippen molar-refractivity contribution >= 4 is 27.9 Å². The summed E-state index contributed by atoms with van der Waals surface area (Å²) in [5, 5.41) is 16.1. The van der Waals surface area contributed by atoms with Crippen molar-refractivity contribution in [1.82, 2.24) is 10.2 Å². The first-order valence-electron chi connectivity index (χ1n) is 6.97. The number of carbonyl (C=O) groups is 1. The van der Waals surface area contributed by atoms with Gasteiger partial charge in [-0.15, -0.1) is 11.3 Å². The van der Waals surface area contributed by atoms with Crippen molar-refractivity contribution in [3.8, 4) is 6.07 Å². The summed E-state index contributed by atoms with van der Waals surface area (Å²) < 4.78 is 0. The Balaban J connectivity index is 2.13. The summed E-state index contributed by atoms with van der Waals surface area (Å²) in [5.41, 5.74) is 6.60. The molecule has 1 aromatic rings. The number of nitrogens with zero attached hydrogens (tertiary/aromatic N) is 2. The van der Waals surface area contributed by atoms with Crippen LogP contribution in [0.25, 0.3) is 0 Å². The SMILES string of the molecule is CC(CNc1sc(C(=O)NC2CC2)c(N)c1C#N)N(C)C. The molecule has 1 aliphatic carbocycles. The second kappa shape index (κ2) is 6.33. The number of nitrogens with one attached hydrogen (secondary N) is 2. The summed E-state index contributed by atoms with van der Waals surface area (Å²) in [6.07, 6.45) is 2.04. The van der Waals surface area contributed by atoms with Crippen LogP contribution in [0.4, 0.5) is 10.7 Å². The lowest BCUT2D eigenvalue weighted by atomic mass is 10.2. The molecular formula is C14H21N5OS. The summed E-state index contributed by atoms with van der Waals surface area (Å²) in [4.78, 5) is 14.6. The monoisotopic (exact) mass is 307 g/mol. The Hall–Kier alpha value is -1.78. The number of likely N-dealkylation sites (N-methyl/N-ethyl adjacent to an activating group) is 1. The van der Waals surface area contributed by atoms with Crippen LogP contribution in [0.3, 0.4) is 0 Å². The van der Waals surface area contributed by atoms with E-state index in [1.165, 1.54) is 11.3 Å². The van der Waals surface area contributed by atoms with Crippen molar-refractivity contribution < 1.29 is 4.79 Å².